The number of hydrogen-bond donors (Lipinski definition) is 1. The zero-order valence-corrected chi connectivity index (χ0v) is 22.3. The molecule has 3 aliphatic rings. The molecule has 0 saturated carbocycles. The fraction of sp³-hybridized carbons (Fsp3) is 0.400. The van der Waals surface area contributed by atoms with Crippen molar-refractivity contribution in [2.24, 2.45) is 4.99 Å². The van der Waals surface area contributed by atoms with Crippen LogP contribution >= 0.6 is 0 Å². The van der Waals surface area contributed by atoms with Crippen LogP contribution in [-0.4, -0.2) is 74.0 Å². The predicted octanol–water partition coefficient (Wildman–Crippen LogP) is 4.48. The topological polar surface area (TPSA) is 66.4 Å². The molecule has 1 N–H and O–H groups in total. The maximum atomic E-state index is 12.7. The lowest BCUT2D eigenvalue weighted by atomic mass is 9.97. The number of aliphatic imine (C=N–C) groups is 1. The van der Waals surface area contributed by atoms with Gasteiger partial charge in [-0.05, 0) is 56.7 Å². The Kier molecular flexibility index (Phi) is 8.79. The largest absolute Gasteiger partial charge is 0.489 e. The average Bonchev–Trinajstić information content (AvgIpc) is 3.26. The molecule has 37 heavy (non-hydrogen) atoms. The van der Waals surface area contributed by atoms with E-state index in [0.29, 0.717) is 38.5 Å². The van der Waals surface area contributed by atoms with E-state index >= 15 is 0 Å². The van der Waals surface area contributed by atoms with Gasteiger partial charge in [0.05, 0.1) is 25.3 Å². The van der Waals surface area contributed by atoms with Crippen molar-refractivity contribution in [3.63, 3.8) is 0 Å². The maximum Gasteiger partial charge on any atom is 0.227 e. The Bertz CT molecular complexity index is 1170. The number of morpholine rings is 1. The smallest absolute Gasteiger partial charge is 0.227 e. The number of likely N-dealkylation sites (N-methyl/N-ethyl adjacent to an activating group) is 1. The zero-order chi connectivity index (χ0) is 26.4. The molecule has 2 fully saturated rings. The number of benzene rings is 1. The van der Waals surface area contributed by atoms with E-state index in [1.165, 1.54) is 0 Å². The van der Waals surface area contributed by atoms with Crippen LogP contribution in [0.5, 0.6) is 0 Å². The molecule has 0 bridgehead atoms. The third-order valence-corrected chi connectivity index (χ3v) is 6.56. The lowest BCUT2D eigenvalue weighted by molar-refractivity contribution is -0.134. The van der Waals surface area contributed by atoms with Crippen LogP contribution in [0.1, 0.15) is 25.8 Å². The molecule has 1 amide bonds. The van der Waals surface area contributed by atoms with Gasteiger partial charge in [-0.25, -0.2) is 4.99 Å². The molecule has 7 heteroatoms. The van der Waals surface area contributed by atoms with Crippen molar-refractivity contribution in [2.75, 3.05) is 51.8 Å². The van der Waals surface area contributed by atoms with Gasteiger partial charge in [0.2, 0.25) is 5.91 Å². The number of nitrogens with one attached hydrogen (secondary N) is 1. The fourth-order valence-electron chi connectivity index (χ4n) is 4.67. The van der Waals surface area contributed by atoms with Crippen molar-refractivity contribution in [1.82, 2.24) is 9.80 Å². The summed E-state index contributed by atoms with van der Waals surface area (Å²) in [7, 11) is 2.12. The summed E-state index contributed by atoms with van der Waals surface area (Å²) in [5.74, 6) is 1.46. The van der Waals surface area contributed by atoms with E-state index in [9.17, 15) is 4.79 Å². The number of amides is 1. The normalized spacial score (nSPS) is 22.6. The van der Waals surface area contributed by atoms with Crippen molar-refractivity contribution >= 4 is 17.3 Å². The molecule has 1 aromatic carbocycles. The van der Waals surface area contributed by atoms with Crippen molar-refractivity contribution < 1.29 is 14.3 Å². The van der Waals surface area contributed by atoms with Gasteiger partial charge in [-0.2, -0.15) is 0 Å². The summed E-state index contributed by atoms with van der Waals surface area (Å²) in [5.41, 5.74) is 5.53. The first-order chi connectivity index (χ1) is 17.8. The van der Waals surface area contributed by atoms with Gasteiger partial charge in [0.25, 0.3) is 0 Å². The van der Waals surface area contributed by atoms with Crippen molar-refractivity contribution in [3.05, 3.63) is 89.5 Å². The Morgan fingerprint density at radius 2 is 2.03 bits per heavy atom. The lowest BCUT2D eigenvalue weighted by Gasteiger charge is -2.27. The monoisotopic (exact) mass is 502 g/mol. The van der Waals surface area contributed by atoms with Gasteiger partial charge < -0.3 is 24.6 Å². The van der Waals surface area contributed by atoms with Gasteiger partial charge >= 0.3 is 0 Å². The molecule has 0 aromatic heterocycles. The summed E-state index contributed by atoms with van der Waals surface area (Å²) >= 11 is 0. The molecule has 2 aliphatic heterocycles. The summed E-state index contributed by atoms with van der Waals surface area (Å²) in [6.07, 6.45) is 7.65. The van der Waals surface area contributed by atoms with Crippen molar-refractivity contribution in [2.45, 2.75) is 32.8 Å². The Morgan fingerprint density at radius 3 is 2.73 bits per heavy atom. The van der Waals surface area contributed by atoms with Gasteiger partial charge in [-0.3, -0.25) is 4.79 Å². The summed E-state index contributed by atoms with van der Waals surface area (Å²) in [5, 5.41) is 3.29. The van der Waals surface area contributed by atoms with Gasteiger partial charge in [0.15, 0.2) is 0 Å². The Labute approximate surface area is 220 Å². The number of anilines is 1. The molecule has 7 nitrogen and oxygen atoms in total. The molecule has 1 aliphatic carbocycles. The summed E-state index contributed by atoms with van der Waals surface area (Å²) in [4.78, 5) is 21.6. The van der Waals surface area contributed by atoms with Gasteiger partial charge in [0.1, 0.15) is 17.7 Å². The summed E-state index contributed by atoms with van der Waals surface area (Å²) in [6, 6.07) is 7.83. The third-order valence-electron chi connectivity index (χ3n) is 6.56. The quantitative estimate of drug-likeness (QED) is 0.568. The standard InChI is InChI=1S/C30H38N4O3/c1-21(2)15-25-16-22(3)29(37-27-9-10-33(5)20-27)19-28(25)32-23(4)31-26-8-6-7-24(17-26)18-30(35)34-11-13-36-14-12-34/h6-8,15-17,19,27,31H,1,4,9-14,18,20H2,2-3,5H3/b25-15-,32-28-/t27-/m1/s1. The highest BCUT2D eigenvalue weighted by molar-refractivity contribution is 6.13. The lowest BCUT2D eigenvalue weighted by Crippen LogP contribution is -2.41. The molecule has 4 rings (SSSR count). The SMILES string of the molecule is C=C(C)/C=C1/C=C(C)C(O[C@@H]2CCN(C)C2)=C/C1=N/C(=C)Nc1cccc(CC(=O)N2CCOCC2)c1. The number of carbonyl (C=O) groups excluding carboxylic acids is 1. The van der Waals surface area contributed by atoms with Gasteiger partial charge in [-0.15, -0.1) is 0 Å². The molecule has 1 aromatic rings. The molecule has 2 heterocycles. The molecule has 1 atom stereocenters. The second-order valence-corrected chi connectivity index (χ2v) is 10.0. The molecular weight excluding hydrogens is 464 g/mol. The van der Waals surface area contributed by atoms with E-state index in [2.05, 4.69) is 43.4 Å². The Hall–Kier alpha value is -3.42. The predicted molar refractivity (Wildman–Crippen MR) is 149 cm³/mol. The van der Waals surface area contributed by atoms with Gasteiger partial charge in [-0.1, -0.05) is 36.9 Å². The average molecular weight is 503 g/mol. The summed E-state index contributed by atoms with van der Waals surface area (Å²) in [6.45, 7) is 16.7. The molecule has 196 valence electrons. The van der Waals surface area contributed by atoms with E-state index in [1.54, 1.807) is 0 Å². The first-order valence-electron chi connectivity index (χ1n) is 12.9. The van der Waals surface area contributed by atoms with Crippen molar-refractivity contribution in [3.8, 4) is 0 Å². The first-order valence-corrected chi connectivity index (χ1v) is 12.9. The molecule has 0 radical (unpaired) electrons. The summed E-state index contributed by atoms with van der Waals surface area (Å²) < 4.78 is 11.7. The van der Waals surface area contributed by atoms with Crippen LogP contribution in [-0.2, 0) is 20.7 Å². The van der Waals surface area contributed by atoms with E-state index in [1.807, 2.05) is 48.2 Å². The molecule has 0 spiro atoms. The highest BCUT2D eigenvalue weighted by Crippen LogP contribution is 2.27. The zero-order valence-electron chi connectivity index (χ0n) is 22.3. The van der Waals surface area contributed by atoms with Crippen LogP contribution in [0, 0.1) is 0 Å². The Balaban J connectivity index is 1.47. The minimum atomic E-state index is 0.115. The van der Waals surface area contributed by atoms with Crippen LogP contribution in [0.4, 0.5) is 5.69 Å². The Morgan fingerprint density at radius 1 is 1.24 bits per heavy atom. The van der Waals surface area contributed by atoms with Crippen LogP contribution in [0.2, 0.25) is 0 Å². The van der Waals surface area contributed by atoms with Crippen molar-refractivity contribution in [1.29, 1.82) is 0 Å². The van der Waals surface area contributed by atoms with E-state index in [4.69, 9.17) is 14.5 Å². The minimum absolute atomic E-state index is 0.115. The van der Waals surface area contributed by atoms with E-state index < -0.39 is 0 Å². The highest BCUT2D eigenvalue weighted by atomic mass is 16.5. The second kappa shape index (κ2) is 12.2. The van der Waals surface area contributed by atoms with E-state index in [-0.39, 0.29) is 12.0 Å². The first kappa shape index (κ1) is 26.6. The maximum absolute atomic E-state index is 12.7. The fourth-order valence-corrected chi connectivity index (χ4v) is 4.67. The van der Waals surface area contributed by atoms with Crippen LogP contribution in [0.25, 0.3) is 0 Å². The number of allylic oxidation sites excluding steroid dienone is 6. The van der Waals surface area contributed by atoms with Gasteiger partial charge in [0, 0.05) is 43.5 Å². The molecular formula is C30H38N4O3. The number of ether oxygens (including phenoxy) is 2. The molecule has 2 saturated heterocycles. The third kappa shape index (κ3) is 7.54. The van der Waals surface area contributed by atoms with Crippen LogP contribution in [0.3, 0.4) is 0 Å². The number of nitrogens with zero attached hydrogens (tertiary/aromatic N) is 3. The van der Waals surface area contributed by atoms with Crippen LogP contribution < -0.4 is 5.32 Å². The van der Waals surface area contributed by atoms with E-state index in [0.717, 1.165) is 59.0 Å². The second-order valence-electron chi connectivity index (χ2n) is 10.0. The molecule has 0 unspecified atom stereocenters. The number of carbonyl (C=O) groups is 1. The number of hydrogen-bond acceptors (Lipinski definition) is 6. The highest BCUT2D eigenvalue weighted by Gasteiger charge is 2.24. The minimum Gasteiger partial charge on any atom is -0.489 e. The number of rotatable bonds is 8. The van der Waals surface area contributed by atoms with Crippen LogP contribution in [0.15, 0.2) is 88.9 Å². The number of likely N-dealkylation sites (tertiary alicyclic amines) is 1.